The van der Waals surface area contributed by atoms with Crippen LogP contribution in [0.2, 0.25) is 0 Å². The average Bonchev–Trinajstić information content (AvgIpc) is 3.61. The summed E-state index contributed by atoms with van der Waals surface area (Å²) >= 11 is 0. The van der Waals surface area contributed by atoms with E-state index in [0.29, 0.717) is 34.8 Å². The van der Waals surface area contributed by atoms with Gasteiger partial charge in [-0.25, -0.2) is 14.8 Å². The van der Waals surface area contributed by atoms with Crippen LogP contribution in [0.3, 0.4) is 0 Å². The summed E-state index contributed by atoms with van der Waals surface area (Å²) in [5, 5.41) is 30.3. The molecule has 5 heterocycles. The Morgan fingerprint density at radius 1 is 1.02 bits per heavy atom. The third-order valence-corrected chi connectivity index (χ3v) is 8.60. The van der Waals surface area contributed by atoms with Crippen LogP contribution in [0, 0.1) is 18.8 Å². The first-order chi connectivity index (χ1) is 20.0. The first-order valence-corrected chi connectivity index (χ1v) is 14.0. The Hall–Kier alpha value is -4.79. The number of hydrogen-bond acceptors (Lipinski definition) is 6. The Bertz CT molecular complexity index is 1730. The van der Waals surface area contributed by atoms with Gasteiger partial charge >= 0.3 is 11.9 Å². The molecular formula is C33H34N4O5. The van der Waals surface area contributed by atoms with Crippen LogP contribution < -0.4 is 0 Å². The van der Waals surface area contributed by atoms with E-state index in [-0.39, 0.29) is 41.5 Å². The van der Waals surface area contributed by atoms with Crippen molar-refractivity contribution in [2.24, 2.45) is 26.8 Å². The summed E-state index contributed by atoms with van der Waals surface area (Å²) in [6.07, 6.45) is 9.23. The van der Waals surface area contributed by atoms with E-state index in [1.165, 1.54) is 0 Å². The van der Waals surface area contributed by atoms with Crippen LogP contribution in [0.5, 0.6) is 0 Å². The molecule has 0 spiro atoms. The third kappa shape index (κ3) is 4.64. The number of carboxylic acid groups (broad SMARTS) is 2. The Labute approximate surface area is 244 Å². The fourth-order valence-corrected chi connectivity index (χ4v) is 6.19. The third-order valence-electron chi connectivity index (χ3n) is 8.60. The van der Waals surface area contributed by atoms with Crippen LogP contribution in [0.1, 0.15) is 69.5 Å². The van der Waals surface area contributed by atoms with Gasteiger partial charge in [0.15, 0.2) is 0 Å². The lowest BCUT2D eigenvalue weighted by atomic mass is 9.82. The maximum absolute atomic E-state index is 12.5. The molecule has 5 rings (SSSR count). The molecule has 0 aliphatic carbocycles. The largest absolute Gasteiger partial charge is 0.515 e. The lowest BCUT2D eigenvalue weighted by molar-refractivity contribution is -0.137. The van der Waals surface area contributed by atoms with Crippen LogP contribution in [0.4, 0.5) is 0 Å². The molecule has 0 fully saturated rings. The molecule has 0 saturated carbocycles. The Balaban J connectivity index is 1.84. The molecule has 9 nitrogen and oxygen atoms in total. The first-order valence-electron chi connectivity index (χ1n) is 14.0. The highest BCUT2D eigenvalue weighted by atomic mass is 16.4. The molecule has 1 aromatic rings. The molecule has 0 aromatic carbocycles. The van der Waals surface area contributed by atoms with E-state index in [1.807, 2.05) is 39.8 Å². The fourth-order valence-electron chi connectivity index (χ4n) is 6.19. The smallest absolute Gasteiger partial charge is 0.338 e. The van der Waals surface area contributed by atoms with Crippen molar-refractivity contribution in [1.82, 2.24) is 4.98 Å². The summed E-state index contributed by atoms with van der Waals surface area (Å²) in [5.41, 5.74) is 9.31. The quantitative estimate of drug-likeness (QED) is 0.287. The zero-order valence-corrected chi connectivity index (χ0v) is 24.4. The van der Waals surface area contributed by atoms with Gasteiger partial charge < -0.3 is 20.3 Å². The normalized spacial score (nSPS) is 22.5. The Morgan fingerprint density at radius 2 is 1.74 bits per heavy atom. The molecule has 4 aliphatic rings. The zero-order valence-electron chi connectivity index (χ0n) is 24.4. The molecule has 1 aromatic heterocycles. The number of H-pyrrole nitrogens is 1. The molecule has 0 saturated heterocycles. The maximum atomic E-state index is 12.5. The van der Waals surface area contributed by atoms with Gasteiger partial charge in [-0.1, -0.05) is 26.5 Å². The molecule has 9 heteroatoms. The molecule has 4 aliphatic heterocycles. The van der Waals surface area contributed by atoms with Crippen molar-refractivity contribution >= 4 is 47.3 Å². The van der Waals surface area contributed by atoms with Gasteiger partial charge in [-0.15, -0.1) is 0 Å². The number of aromatic amines is 1. The van der Waals surface area contributed by atoms with E-state index in [1.54, 1.807) is 19.1 Å². The zero-order chi connectivity index (χ0) is 30.5. The van der Waals surface area contributed by atoms with Crippen molar-refractivity contribution < 1.29 is 24.9 Å². The number of aromatic nitrogens is 1. The predicted octanol–water partition coefficient (Wildman–Crippen LogP) is 6.60. The molecule has 0 amide bonds. The summed E-state index contributed by atoms with van der Waals surface area (Å²) in [5.74, 6) is -2.73. The molecule has 8 bridgehead atoms. The number of aliphatic imine (C=N–C) groups is 3. The number of aliphatic hydroxyl groups is 1. The summed E-state index contributed by atoms with van der Waals surface area (Å²) in [7, 11) is 0. The number of aliphatic carboxylic acids is 2. The van der Waals surface area contributed by atoms with E-state index in [2.05, 4.69) is 11.6 Å². The number of hydrogen-bond donors (Lipinski definition) is 4. The number of nitrogens with one attached hydrogen (secondary N) is 1. The van der Waals surface area contributed by atoms with E-state index >= 15 is 0 Å². The van der Waals surface area contributed by atoms with Crippen molar-refractivity contribution in [3.05, 3.63) is 86.4 Å². The lowest BCUT2D eigenvalue weighted by Crippen LogP contribution is -2.25. The molecule has 216 valence electrons. The first kappa shape index (κ1) is 28.7. The van der Waals surface area contributed by atoms with Gasteiger partial charge in [0.1, 0.15) is 0 Å². The van der Waals surface area contributed by atoms with Crippen molar-refractivity contribution in [1.29, 1.82) is 0 Å². The van der Waals surface area contributed by atoms with Crippen LogP contribution in [0.15, 0.2) is 78.9 Å². The highest BCUT2D eigenvalue weighted by Crippen LogP contribution is 2.41. The number of carbonyl (C=O) groups is 2. The monoisotopic (exact) mass is 566 g/mol. The van der Waals surface area contributed by atoms with Crippen LogP contribution in [-0.2, 0) is 9.59 Å². The van der Waals surface area contributed by atoms with Crippen molar-refractivity contribution in [3.63, 3.8) is 0 Å². The van der Waals surface area contributed by atoms with Gasteiger partial charge in [0.25, 0.3) is 0 Å². The molecule has 0 radical (unpaired) electrons. The molecule has 4 N–H and O–H groups in total. The SMILES string of the molecule is C=Cc1c2[nH]c(c1C)C=C1N=C(C(=CO)C3=NC(=CC4=NC(=C2)C(C)=C4CC)C(C)=C3C(=O)O)[C@@H](CCC(=O)O)[C@@H]1C. The molecule has 42 heavy (non-hydrogen) atoms. The minimum Gasteiger partial charge on any atom is -0.515 e. The van der Waals surface area contributed by atoms with Gasteiger partial charge in [0, 0.05) is 40.9 Å². The van der Waals surface area contributed by atoms with Crippen molar-refractivity contribution in [2.75, 3.05) is 0 Å². The van der Waals surface area contributed by atoms with Gasteiger partial charge in [-0.3, -0.25) is 9.79 Å². The second-order valence-electron chi connectivity index (χ2n) is 10.9. The highest BCUT2D eigenvalue weighted by molar-refractivity contribution is 6.39. The number of aliphatic hydroxyl groups excluding tert-OH is 1. The standard InChI is InChI=1S/C33H34N4O5/c1-7-19-15(3)23-11-25-17(5)21(9-10-29(39)40)31(36-25)22(14-38)32-30(33(41)42)18(6)26(37-32)13-28-20(8-2)16(4)24(35-28)12-27(19)34-23/h7,11-14,17,21,34,38H,1,8-10H2,2-6H3,(H,39,40)(H,41,42)/t17-,21-/m0/s1. The highest BCUT2D eigenvalue weighted by Gasteiger charge is 2.39. The van der Waals surface area contributed by atoms with E-state index in [4.69, 9.17) is 15.0 Å². The van der Waals surface area contributed by atoms with Gasteiger partial charge in [0.05, 0.1) is 45.9 Å². The molecular weight excluding hydrogens is 532 g/mol. The van der Waals surface area contributed by atoms with Gasteiger partial charge in [-0.2, -0.15) is 0 Å². The summed E-state index contributed by atoms with van der Waals surface area (Å²) in [4.78, 5) is 42.2. The topological polar surface area (TPSA) is 148 Å². The molecule has 0 unspecified atom stereocenters. The summed E-state index contributed by atoms with van der Waals surface area (Å²) in [6, 6.07) is 0. The van der Waals surface area contributed by atoms with Gasteiger partial charge in [0.2, 0.25) is 0 Å². The molecule has 2 atom stereocenters. The van der Waals surface area contributed by atoms with Crippen molar-refractivity contribution in [3.8, 4) is 0 Å². The summed E-state index contributed by atoms with van der Waals surface area (Å²) in [6.45, 7) is 13.7. The fraction of sp³-hybridized carbons (Fsp3) is 0.303. The predicted molar refractivity (Wildman–Crippen MR) is 166 cm³/mol. The number of carboxylic acids is 2. The number of fused-ring (bicyclic) bond motifs is 5. The Kier molecular flexibility index (Phi) is 7.45. The second kappa shape index (κ2) is 10.9. The van der Waals surface area contributed by atoms with E-state index in [0.717, 1.165) is 45.6 Å². The van der Waals surface area contributed by atoms with E-state index < -0.39 is 11.9 Å². The number of rotatable bonds is 6. The van der Waals surface area contributed by atoms with Crippen LogP contribution in [-0.4, -0.2) is 49.4 Å². The van der Waals surface area contributed by atoms with Crippen LogP contribution >= 0.6 is 0 Å². The minimum atomic E-state index is -1.18. The average molecular weight is 567 g/mol. The lowest BCUT2D eigenvalue weighted by Gasteiger charge is -2.19. The van der Waals surface area contributed by atoms with Crippen LogP contribution in [0.25, 0.3) is 18.2 Å². The van der Waals surface area contributed by atoms with E-state index in [9.17, 15) is 24.9 Å². The number of nitrogens with zero attached hydrogens (tertiary/aromatic N) is 3. The second-order valence-corrected chi connectivity index (χ2v) is 10.9. The van der Waals surface area contributed by atoms with Crippen molar-refractivity contribution in [2.45, 2.75) is 53.9 Å². The number of allylic oxidation sites excluding steroid dienone is 6. The maximum Gasteiger partial charge on any atom is 0.338 e. The summed E-state index contributed by atoms with van der Waals surface area (Å²) < 4.78 is 0. The Morgan fingerprint density at radius 3 is 2.36 bits per heavy atom. The van der Waals surface area contributed by atoms with Gasteiger partial charge in [-0.05, 0) is 74.1 Å². The minimum absolute atomic E-state index is 0.0381.